The fourth-order valence-electron chi connectivity index (χ4n) is 3.67. The van der Waals surface area contributed by atoms with Crippen LogP contribution in [0.4, 0.5) is 4.79 Å². The molecule has 0 aliphatic rings. The second-order valence-electron chi connectivity index (χ2n) is 9.35. The second-order valence-corrected chi connectivity index (χ2v) is 9.35. The number of rotatable bonds is 12. The Morgan fingerprint density at radius 1 is 1.14 bits per heavy atom. The Hall–Kier alpha value is -4.09. The van der Waals surface area contributed by atoms with Gasteiger partial charge in [-0.15, -0.1) is 0 Å². The molecule has 1 aromatic carbocycles. The van der Waals surface area contributed by atoms with Gasteiger partial charge in [-0.3, -0.25) is 19.1 Å². The highest BCUT2D eigenvalue weighted by atomic mass is 16.6. The first-order valence-electron chi connectivity index (χ1n) is 12.0. The Morgan fingerprint density at radius 2 is 1.84 bits per heavy atom. The number of nitrogens with two attached hydrogens (primary N) is 2. The highest BCUT2D eigenvalue weighted by Gasteiger charge is 2.30. The lowest BCUT2D eigenvalue weighted by molar-refractivity contribution is -0.147. The number of nitrogens with zero attached hydrogens (tertiary/aromatic N) is 2. The average molecular weight is 517 g/mol. The third kappa shape index (κ3) is 9.13. The molecule has 12 nitrogen and oxygen atoms in total. The van der Waals surface area contributed by atoms with Crippen molar-refractivity contribution in [2.75, 3.05) is 13.2 Å². The number of hydrogen-bond donors (Lipinski definition) is 4. The molecular weight excluding hydrogens is 480 g/mol. The molecule has 0 saturated carbocycles. The summed E-state index contributed by atoms with van der Waals surface area (Å²) in [6.07, 6.45) is 2.12. The van der Waals surface area contributed by atoms with Crippen LogP contribution in [0.1, 0.15) is 46.1 Å². The number of carbonyl (C=O) groups excluding carboxylic acids is 4. The maximum absolute atomic E-state index is 13.4. The number of aromatic nitrogens is 1. The van der Waals surface area contributed by atoms with Crippen molar-refractivity contribution < 1.29 is 28.7 Å². The normalized spacial score (nSPS) is 12.8. The summed E-state index contributed by atoms with van der Waals surface area (Å²) in [7, 11) is 0. The molecule has 2 atom stereocenters. The minimum atomic E-state index is -1.12. The van der Waals surface area contributed by atoms with Crippen molar-refractivity contribution in [1.29, 1.82) is 0 Å². The van der Waals surface area contributed by atoms with Crippen molar-refractivity contribution in [3.05, 3.63) is 36.0 Å². The van der Waals surface area contributed by atoms with Crippen molar-refractivity contribution in [2.45, 2.75) is 64.6 Å². The predicted octanol–water partition coefficient (Wildman–Crippen LogP) is 1.22. The molecule has 2 rings (SSSR count). The molecule has 37 heavy (non-hydrogen) atoms. The van der Waals surface area contributed by atoms with Crippen molar-refractivity contribution in [3.63, 3.8) is 0 Å². The van der Waals surface area contributed by atoms with Crippen LogP contribution in [-0.2, 0) is 30.3 Å². The van der Waals surface area contributed by atoms with Gasteiger partial charge >= 0.3 is 12.1 Å². The molecule has 0 bridgehead atoms. The van der Waals surface area contributed by atoms with Gasteiger partial charge in [-0.05, 0) is 52.2 Å². The molecule has 6 N–H and O–H groups in total. The van der Waals surface area contributed by atoms with E-state index in [1.165, 1.54) is 4.57 Å². The Morgan fingerprint density at radius 3 is 2.46 bits per heavy atom. The van der Waals surface area contributed by atoms with Crippen molar-refractivity contribution in [1.82, 2.24) is 15.2 Å². The van der Waals surface area contributed by atoms with Crippen LogP contribution in [0.5, 0.6) is 0 Å². The SMILES string of the molecule is CCOC(=O)[C@@H](CCCN=C(N)N)NC(=O)C(Cc1cn(C=O)c2ccccc12)NC(=O)OC(C)(C)C. The molecule has 1 aromatic heterocycles. The molecule has 0 fully saturated rings. The van der Waals surface area contributed by atoms with Gasteiger partial charge in [0.05, 0.1) is 12.1 Å². The van der Waals surface area contributed by atoms with E-state index in [0.29, 0.717) is 23.9 Å². The van der Waals surface area contributed by atoms with E-state index in [4.69, 9.17) is 20.9 Å². The first kappa shape index (κ1) is 29.1. The van der Waals surface area contributed by atoms with Crippen LogP contribution in [-0.4, -0.2) is 65.7 Å². The molecule has 2 aromatic rings. The predicted molar refractivity (Wildman–Crippen MR) is 139 cm³/mol. The summed E-state index contributed by atoms with van der Waals surface area (Å²) in [5.41, 5.74) is 11.2. The lowest BCUT2D eigenvalue weighted by Crippen LogP contribution is -2.53. The number of ether oxygens (including phenoxy) is 2. The summed E-state index contributed by atoms with van der Waals surface area (Å²) < 4.78 is 11.9. The van der Waals surface area contributed by atoms with Crippen LogP contribution >= 0.6 is 0 Å². The fraction of sp³-hybridized carbons (Fsp3) is 0.480. The van der Waals surface area contributed by atoms with Crippen molar-refractivity contribution in [2.24, 2.45) is 16.5 Å². The van der Waals surface area contributed by atoms with Crippen LogP contribution in [0, 0.1) is 0 Å². The standard InChI is InChI=1S/C25H36N6O6/c1-5-36-22(34)18(10-8-12-28-23(26)27)29-21(33)19(30-24(35)37-25(2,3)4)13-16-14-31(15-32)20-11-7-6-9-17(16)20/h6-7,9,11,14-15,18-19H,5,8,10,12-13H2,1-4H3,(H,29,33)(H,30,35)(H4,26,27,28)/t18-,19?/m1/s1. The molecule has 2 amide bonds. The fourth-order valence-corrected chi connectivity index (χ4v) is 3.67. The van der Waals surface area contributed by atoms with Crippen LogP contribution < -0.4 is 22.1 Å². The quantitative estimate of drug-likeness (QED) is 0.107. The number of aliphatic imine (C=N–C) groups is 1. The van der Waals surface area contributed by atoms with E-state index in [1.807, 2.05) is 12.1 Å². The smallest absolute Gasteiger partial charge is 0.408 e. The number of benzene rings is 1. The minimum absolute atomic E-state index is 0.0377. The summed E-state index contributed by atoms with van der Waals surface area (Å²) in [5, 5.41) is 6.02. The Balaban J connectivity index is 2.31. The maximum Gasteiger partial charge on any atom is 0.408 e. The number of para-hydroxylation sites is 1. The first-order valence-corrected chi connectivity index (χ1v) is 12.0. The van der Waals surface area contributed by atoms with Crippen LogP contribution in [0.3, 0.4) is 0 Å². The van der Waals surface area contributed by atoms with E-state index >= 15 is 0 Å². The molecule has 0 spiro atoms. The van der Waals surface area contributed by atoms with E-state index in [0.717, 1.165) is 5.39 Å². The molecule has 0 aliphatic carbocycles. The number of alkyl carbamates (subject to hydrolysis) is 1. The summed E-state index contributed by atoms with van der Waals surface area (Å²) in [4.78, 5) is 53.9. The first-order chi connectivity index (χ1) is 17.4. The van der Waals surface area contributed by atoms with Gasteiger partial charge in [0, 0.05) is 24.5 Å². The van der Waals surface area contributed by atoms with Gasteiger partial charge in [-0.25, -0.2) is 9.59 Å². The summed E-state index contributed by atoms with van der Waals surface area (Å²) in [5.74, 6) is -1.31. The van der Waals surface area contributed by atoms with E-state index < -0.39 is 35.7 Å². The van der Waals surface area contributed by atoms with Crippen LogP contribution in [0.2, 0.25) is 0 Å². The molecule has 0 saturated heterocycles. The lowest BCUT2D eigenvalue weighted by atomic mass is 10.0. The van der Waals surface area contributed by atoms with Crippen molar-refractivity contribution >= 4 is 41.2 Å². The van der Waals surface area contributed by atoms with Gasteiger partial charge in [-0.1, -0.05) is 18.2 Å². The van der Waals surface area contributed by atoms with Gasteiger partial charge in [0.2, 0.25) is 12.3 Å². The largest absolute Gasteiger partial charge is 0.464 e. The van der Waals surface area contributed by atoms with Crippen LogP contribution in [0.15, 0.2) is 35.5 Å². The average Bonchev–Trinajstić information content (AvgIpc) is 3.17. The second kappa shape index (κ2) is 13.3. The number of hydrogen-bond acceptors (Lipinski definition) is 7. The summed E-state index contributed by atoms with van der Waals surface area (Å²) in [6, 6.07) is 5.10. The highest BCUT2D eigenvalue weighted by Crippen LogP contribution is 2.22. The number of nitrogens with one attached hydrogen (secondary N) is 2. The number of carbonyl (C=O) groups is 4. The van der Waals surface area contributed by atoms with Gasteiger partial charge in [0.25, 0.3) is 0 Å². The Bertz CT molecular complexity index is 1130. The summed E-state index contributed by atoms with van der Waals surface area (Å²) >= 11 is 0. The topological polar surface area (TPSA) is 180 Å². The maximum atomic E-state index is 13.4. The zero-order chi connectivity index (χ0) is 27.6. The molecular formula is C25H36N6O6. The molecule has 202 valence electrons. The van der Waals surface area contributed by atoms with Crippen molar-refractivity contribution in [3.8, 4) is 0 Å². The van der Waals surface area contributed by atoms with Gasteiger partial charge < -0.3 is 31.6 Å². The molecule has 0 aliphatic heterocycles. The third-order valence-corrected chi connectivity index (χ3v) is 5.20. The Labute approximate surface area is 215 Å². The van der Waals surface area contributed by atoms with Gasteiger partial charge in [-0.2, -0.15) is 0 Å². The molecule has 1 unspecified atom stereocenters. The minimum Gasteiger partial charge on any atom is -0.464 e. The highest BCUT2D eigenvalue weighted by molar-refractivity contribution is 5.92. The van der Waals surface area contributed by atoms with Gasteiger partial charge in [0.1, 0.15) is 17.7 Å². The zero-order valence-electron chi connectivity index (χ0n) is 21.7. The van der Waals surface area contributed by atoms with E-state index in [1.54, 1.807) is 46.0 Å². The third-order valence-electron chi connectivity index (χ3n) is 5.20. The van der Waals surface area contributed by atoms with E-state index in [2.05, 4.69) is 15.6 Å². The van der Waals surface area contributed by atoms with E-state index in [9.17, 15) is 19.2 Å². The number of amides is 2. The van der Waals surface area contributed by atoms with Gasteiger partial charge in [0.15, 0.2) is 5.96 Å². The van der Waals surface area contributed by atoms with E-state index in [-0.39, 0.29) is 32.0 Å². The Kier molecular flexibility index (Phi) is 10.5. The summed E-state index contributed by atoms with van der Waals surface area (Å²) in [6.45, 7) is 7.15. The monoisotopic (exact) mass is 516 g/mol. The number of esters is 1. The number of guanidine groups is 1. The molecule has 0 radical (unpaired) electrons. The number of fused-ring (bicyclic) bond motifs is 1. The van der Waals surface area contributed by atoms with Crippen LogP contribution in [0.25, 0.3) is 10.9 Å². The molecule has 12 heteroatoms. The zero-order valence-corrected chi connectivity index (χ0v) is 21.7. The molecule has 1 heterocycles. The lowest BCUT2D eigenvalue weighted by Gasteiger charge is -2.25.